The van der Waals surface area contributed by atoms with E-state index in [0.717, 1.165) is 12.1 Å². The molecule has 0 fully saturated rings. The Balaban J connectivity index is 1.78. The number of amides is 3. The maximum atomic E-state index is 12.0. The smallest absolute Gasteiger partial charge is 0.328 e. The van der Waals surface area contributed by atoms with E-state index in [9.17, 15) is 29.4 Å². The summed E-state index contributed by atoms with van der Waals surface area (Å²) in [6, 6.07) is 2.47. The Bertz CT molecular complexity index is 914. The lowest BCUT2D eigenvalue weighted by molar-refractivity contribution is -0.145. The number of esters is 1. The summed E-state index contributed by atoms with van der Waals surface area (Å²) in [4.78, 5) is 54.3. The van der Waals surface area contributed by atoms with E-state index < -0.39 is 48.6 Å². The molecule has 1 aromatic carbocycles. The van der Waals surface area contributed by atoms with Gasteiger partial charge in [0, 0.05) is 23.9 Å². The number of H-pyrrole nitrogens is 1. The summed E-state index contributed by atoms with van der Waals surface area (Å²) in [6.07, 6.45) is 3.06. The molecule has 0 bridgehead atoms. The second-order valence-corrected chi connectivity index (χ2v) is 6.09. The Morgan fingerprint density at radius 1 is 1.10 bits per heavy atom. The van der Waals surface area contributed by atoms with Crippen molar-refractivity contribution in [2.45, 2.75) is 12.5 Å². The first-order valence-corrected chi connectivity index (χ1v) is 8.71. The van der Waals surface area contributed by atoms with Crippen LogP contribution in [0.25, 0.3) is 0 Å². The van der Waals surface area contributed by atoms with Crippen molar-refractivity contribution >= 4 is 23.7 Å². The van der Waals surface area contributed by atoms with Crippen LogP contribution in [0.15, 0.2) is 30.7 Å². The van der Waals surface area contributed by atoms with Crippen molar-refractivity contribution in [2.75, 3.05) is 20.2 Å². The van der Waals surface area contributed by atoms with Crippen LogP contribution in [-0.4, -0.2) is 70.1 Å². The molecule has 3 amide bonds. The van der Waals surface area contributed by atoms with Crippen molar-refractivity contribution in [2.24, 2.45) is 0 Å². The fourth-order valence-electron chi connectivity index (χ4n) is 2.37. The zero-order valence-corrected chi connectivity index (χ0v) is 16.0. The van der Waals surface area contributed by atoms with Crippen LogP contribution in [0.3, 0.4) is 0 Å². The quantitative estimate of drug-likeness (QED) is 0.211. The Kier molecular flexibility index (Phi) is 7.74. The van der Waals surface area contributed by atoms with Gasteiger partial charge in [0.2, 0.25) is 11.8 Å². The maximum absolute atomic E-state index is 12.0. The molecule has 0 aliphatic carbocycles. The maximum Gasteiger partial charge on any atom is 0.328 e. The standard InChI is InChI=1S/C18H21N5O7/c1-30-18(29)12(5-11-6-19-9-22-11)23-16(27)8-20-15(26)7-21-17(28)10-2-3-13(24)14(25)4-10/h2-4,6,9,12,24-25H,5,7-8H2,1H3,(H,19,22)(H,20,26)(H,21,28)(H,23,27)/t12-/m0/s1. The van der Waals surface area contributed by atoms with Crippen molar-refractivity contribution in [3.8, 4) is 11.5 Å². The number of carbonyl (C=O) groups excluding carboxylic acids is 4. The molecule has 12 heteroatoms. The number of aromatic hydroxyl groups is 2. The van der Waals surface area contributed by atoms with Crippen molar-refractivity contribution in [3.05, 3.63) is 42.0 Å². The summed E-state index contributed by atoms with van der Waals surface area (Å²) < 4.78 is 4.65. The van der Waals surface area contributed by atoms with Crippen LogP contribution >= 0.6 is 0 Å². The predicted octanol–water partition coefficient (Wildman–Crippen LogP) is -1.43. The molecule has 0 radical (unpaired) electrons. The van der Waals surface area contributed by atoms with Gasteiger partial charge >= 0.3 is 5.97 Å². The highest BCUT2D eigenvalue weighted by Crippen LogP contribution is 2.24. The minimum Gasteiger partial charge on any atom is -0.504 e. The monoisotopic (exact) mass is 419 g/mol. The van der Waals surface area contributed by atoms with Gasteiger partial charge in [0.1, 0.15) is 6.04 Å². The largest absolute Gasteiger partial charge is 0.504 e. The Hall–Kier alpha value is -4.09. The highest BCUT2D eigenvalue weighted by molar-refractivity contribution is 5.97. The van der Waals surface area contributed by atoms with Crippen molar-refractivity contribution in [3.63, 3.8) is 0 Å². The first kappa shape index (κ1) is 22.2. The van der Waals surface area contributed by atoms with Crippen LogP contribution < -0.4 is 16.0 Å². The molecule has 0 saturated heterocycles. The molecule has 1 aromatic heterocycles. The summed E-state index contributed by atoms with van der Waals surface area (Å²) >= 11 is 0. The van der Waals surface area contributed by atoms with Crippen LogP contribution in [0.5, 0.6) is 11.5 Å². The molecule has 6 N–H and O–H groups in total. The first-order chi connectivity index (χ1) is 14.3. The number of phenols is 2. The number of imidazole rings is 1. The number of hydrogen-bond acceptors (Lipinski definition) is 8. The zero-order chi connectivity index (χ0) is 22.1. The molecular weight excluding hydrogens is 398 g/mol. The van der Waals surface area contributed by atoms with Gasteiger partial charge < -0.3 is 35.9 Å². The van der Waals surface area contributed by atoms with Gasteiger partial charge in [-0.3, -0.25) is 14.4 Å². The Morgan fingerprint density at radius 2 is 1.83 bits per heavy atom. The fraction of sp³-hybridized carbons (Fsp3) is 0.278. The van der Waals surface area contributed by atoms with Crippen molar-refractivity contribution in [1.29, 1.82) is 0 Å². The molecule has 0 unspecified atom stereocenters. The van der Waals surface area contributed by atoms with E-state index in [-0.39, 0.29) is 17.7 Å². The minimum absolute atomic E-state index is 0.0376. The molecule has 12 nitrogen and oxygen atoms in total. The molecule has 0 aliphatic rings. The fourth-order valence-corrected chi connectivity index (χ4v) is 2.37. The topological polar surface area (TPSA) is 183 Å². The zero-order valence-electron chi connectivity index (χ0n) is 16.0. The van der Waals surface area contributed by atoms with E-state index in [1.165, 1.54) is 25.7 Å². The highest BCUT2D eigenvalue weighted by Gasteiger charge is 2.22. The second kappa shape index (κ2) is 10.5. The average molecular weight is 419 g/mol. The molecule has 1 heterocycles. The third kappa shape index (κ3) is 6.51. The van der Waals surface area contributed by atoms with Crippen LogP contribution in [-0.2, 0) is 25.5 Å². The number of nitrogens with one attached hydrogen (secondary N) is 4. The molecule has 0 aliphatic heterocycles. The van der Waals surface area contributed by atoms with E-state index in [1.54, 1.807) is 0 Å². The van der Waals surface area contributed by atoms with Crippen LogP contribution in [0.1, 0.15) is 16.1 Å². The second-order valence-electron chi connectivity index (χ2n) is 6.09. The third-order valence-electron chi connectivity index (χ3n) is 3.89. The van der Waals surface area contributed by atoms with E-state index in [0.29, 0.717) is 5.69 Å². The van der Waals surface area contributed by atoms with Crippen molar-refractivity contribution < 1.29 is 34.1 Å². The number of phenolic OH excluding ortho intramolecular Hbond substituents is 2. The third-order valence-corrected chi connectivity index (χ3v) is 3.89. The van der Waals surface area contributed by atoms with Crippen LogP contribution in [0, 0.1) is 0 Å². The minimum atomic E-state index is -0.971. The van der Waals surface area contributed by atoms with E-state index in [4.69, 9.17) is 0 Å². The molecule has 30 heavy (non-hydrogen) atoms. The SMILES string of the molecule is COC(=O)[C@H](Cc1cnc[nH]1)NC(=O)CNC(=O)CNC(=O)c1ccc(O)c(O)c1. The lowest BCUT2D eigenvalue weighted by Gasteiger charge is -2.16. The number of aromatic amines is 1. The molecule has 0 saturated carbocycles. The van der Waals surface area contributed by atoms with Gasteiger partial charge in [-0.15, -0.1) is 0 Å². The van der Waals surface area contributed by atoms with Gasteiger partial charge in [-0.1, -0.05) is 0 Å². The van der Waals surface area contributed by atoms with Gasteiger partial charge in [-0.2, -0.15) is 0 Å². The number of aromatic nitrogens is 2. The van der Waals surface area contributed by atoms with Crippen LogP contribution in [0.2, 0.25) is 0 Å². The normalized spacial score (nSPS) is 11.2. The lowest BCUT2D eigenvalue weighted by Crippen LogP contribution is -2.48. The summed E-state index contributed by atoms with van der Waals surface area (Å²) in [6.45, 7) is -0.854. The van der Waals surface area contributed by atoms with Gasteiger partial charge in [-0.05, 0) is 18.2 Å². The van der Waals surface area contributed by atoms with E-state index >= 15 is 0 Å². The Morgan fingerprint density at radius 3 is 2.47 bits per heavy atom. The number of methoxy groups -OCH3 is 1. The van der Waals surface area contributed by atoms with Gasteiger partial charge in [0.25, 0.3) is 5.91 Å². The first-order valence-electron chi connectivity index (χ1n) is 8.71. The number of ether oxygens (including phenoxy) is 1. The number of rotatable bonds is 9. The van der Waals surface area contributed by atoms with E-state index in [2.05, 4.69) is 30.7 Å². The summed E-state index contributed by atoms with van der Waals surface area (Å²) in [5, 5.41) is 25.7. The van der Waals surface area contributed by atoms with Crippen LogP contribution in [0.4, 0.5) is 0 Å². The number of carbonyl (C=O) groups is 4. The number of benzene rings is 1. The predicted molar refractivity (Wildman–Crippen MR) is 101 cm³/mol. The molecular formula is C18H21N5O7. The van der Waals surface area contributed by atoms with Gasteiger partial charge in [-0.25, -0.2) is 9.78 Å². The molecule has 2 aromatic rings. The average Bonchev–Trinajstić information content (AvgIpc) is 3.24. The summed E-state index contributed by atoms with van der Waals surface area (Å²) in [5.41, 5.74) is 0.647. The van der Waals surface area contributed by atoms with Gasteiger partial charge in [0.05, 0.1) is 26.5 Å². The lowest BCUT2D eigenvalue weighted by atomic mass is 10.1. The van der Waals surface area contributed by atoms with E-state index in [1.807, 2.05) is 0 Å². The number of hydrogen-bond donors (Lipinski definition) is 6. The summed E-state index contributed by atoms with van der Waals surface area (Å²) in [5.74, 6) is -3.45. The number of nitrogens with zero attached hydrogens (tertiary/aromatic N) is 1. The molecule has 2 rings (SSSR count). The summed E-state index contributed by atoms with van der Waals surface area (Å²) in [7, 11) is 1.19. The van der Waals surface area contributed by atoms with Crippen molar-refractivity contribution in [1.82, 2.24) is 25.9 Å². The molecule has 1 atom stereocenters. The molecule has 0 spiro atoms. The molecule has 160 valence electrons. The highest BCUT2D eigenvalue weighted by atomic mass is 16.5. The Labute approximate surface area is 170 Å². The van der Waals surface area contributed by atoms with Gasteiger partial charge in [0.15, 0.2) is 11.5 Å².